The molecule has 1 unspecified atom stereocenters. The standard InChI is InChI=1S/C14H31NO2/c1-8-14(9-2,17-7)12(15-5)10-11-13(3,4)16-6/h12,15H,8-11H2,1-7H3. The van der Waals surface area contributed by atoms with E-state index >= 15 is 0 Å². The predicted octanol–water partition coefficient (Wildman–Crippen LogP) is 2.98. The molecule has 0 aliphatic rings. The van der Waals surface area contributed by atoms with E-state index in [0.29, 0.717) is 6.04 Å². The maximum Gasteiger partial charge on any atom is 0.0825 e. The summed E-state index contributed by atoms with van der Waals surface area (Å²) in [6, 6.07) is 0.372. The van der Waals surface area contributed by atoms with Gasteiger partial charge in [-0.15, -0.1) is 0 Å². The van der Waals surface area contributed by atoms with Crippen molar-refractivity contribution in [3.05, 3.63) is 0 Å². The maximum absolute atomic E-state index is 5.78. The minimum Gasteiger partial charge on any atom is -0.379 e. The largest absolute Gasteiger partial charge is 0.379 e. The summed E-state index contributed by atoms with van der Waals surface area (Å²) in [4.78, 5) is 0. The highest BCUT2D eigenvalue weighted by atomic mass is 16.5. The zero-order valence-electron chi connectivity index (χ0n) is 12.7. The molecular formula is C14H31NO2. The van der Waals surface area contributed by atoms with Gasteiger partial charge in [-0.3, -0.25) is 0 Å². The van der Waals surface area contributed by atoms with E-state index in [9.17, 15) is 0 Å². The van der Waals surface area contributed by atoms with E-state index in [4.69, 9.17) is 9.47 Å². The monoisotopic (exact) mass is 245 g/mol. The first-order valence-corrected chi connectivity index (χ1v) is 6.69. The van der Waals surface area contributed by atoms with Crippen molar-refractivity contribution < 1.29 is 9.47 Å². The van der Waals surface area contributed by atoms with Crippen LogP contribution in [0.2, 0.25) is 0 Å². The summed E-state index contributed by atoms with van der Waals surface area (Å²) in [5.41, 5.74) is -0.116. The summed E-state index contributed by atoms with van der Waals surface area (Å²) in [6.45, 7) is 8.65. The first kappa shape index (κ1) is 16.9. The van der Waals surface area contributed by atoms with E-state index in [1.807, 2.05) is 14.2 Å². The van der Waals surface area contributed by atoms with E-state index < -0.39 is 0 Å². The molecule has 0 aliphatic heterocycles. The van der Waals surface area contributed by atoms with Gasteiger partial charge in [0.2, 0.25) is 0 Å². The van der Waals surface area contributed by atoms with E-state index in [1.54, 1.807) is 7.11 Å². The summed E-state index contributed by atoms with van der Waals surface area (Å²) in [6.07, 6.45) is 4.14. The van der Waals surface area contributed by atoms with Gasteiger partial charge in [0.25, 0.3) is 0 Å². The number of hydrogen-bond donors (Lipinski definition) is 1. The molecular weight excluding hydrogens is 214 g/mol. The third-order valence-corrected chi connectivity index (χ3v) is 4.17. The summed E-state index contributed by atoms with van der Waals surface area (Å²) in [5, 5.41) is 3.41. The van der Waals surface area contributed by atoms with Gasteiger partial charge in [-0.25, -0.2) is 0 Å². The van der Waals surface area contributed by atoms with E-state index in [0.717, 1.165) is 25.7 Å². The lowest BCUT2D eigenvalue weighted by Gasteiger charge is -2.39. The van der Waals surface area contributed by atoms with Crippen molar-refractivity contribution in [2.24, 2.45) is 0 Å². The molecule has 0 amide bonds. The minimum absolute atomic E-state index is 0.0570. The van der Waals surface area contributed by atoms with Crippen molar-refractivity contribution in [3.63, 3.8) is 0 Å². The third-order valence-electron chi connectivity index (χ3n) is 4.17. The second-order valence-electron chi connectivity index (χ2n) is 5.32. The molecule has 0 aromatic heterocycles. The molecule has 0 fully saturated rings. The lowest BCUT2D eigenvalue weighted by atomic mass is 9.83. The first-order chi connectivity index (χ1) is 7.91. The van der Waals surface area contributed by atoms with Crippen molar-refractivity contribution >= 4 is 0 Å². The third kappa shape index (κ3) is 4.57. The van der Waals surface area contributed by atoms with Crippen LogP contribution < -0.4 is 5.32 Å². The molecule has 0 rings (SSSR count). The molecule has 1 N–H and O–H groups in total. The van der Waals surface area contributed by atoms with Crippen molar-refractivity contribution in [3.8, 4) is 0 Å². The average molecular weight is 245 g/mol. The van der Waals surface area contributed by atoms with Gasteiger partial charge in [0.1, 0.15) is 0 Å². The highest BCUT2D eigenvalue weighted by Gasteiger charge is 2.35. The molecule has 0 saturated heterocycles. The van der Waals surface area contributed by atoms with Gasteiger partial charge in [0.15, 0.2) is 0 Å². The van der Waals surface area contributed by atoms with Gasteiger partial charge in [-0.1, -0.05) is 13.8 Å². The van der Waals surface area contributed by atoms with Crippen molar-refractivity contribution in [2.75, 3.05) is 21.3 Å². The van der Waals surface area contributed by atoms with E-state index in [-0.39, 0.29) is 11.2 Å². The SMILES string of the molecule is CCC(CC)(OC)C(CCC(C)(C)OC)NC. The molecule has 0 bridgehead atoms. The first-order valence-electron chi connectivity index (χ1n) is 6.69. The number of hydrogen-bond acceptors (Lipinski definition) is 3. The lowest BCUT2D eigenvalue weighted by molar-refractivity contribution is -0.0564. The van der Waals surface area contributed by atoms with Gasteiger partial charge < -0.3 is 14.8 Å². The van der Waals surface area contributed by atoms with Crippen LogP contribution in [0.1, 0.15) is 53.4 Å². The summed E-state index contributed by atoms with van der Waals surface area (Å²) >= 11 is 0. The lowest BCUT2D eigenvalue weighted by Crippen LogP contribution is -2.51. The summed E-state index contributed by atoms with van der Waals surface area (Å²) in [7, 11) is 5.61. The maximum atomic E-state index is 5.78. The van der Waals surface area contributed by atoms with Crippen LogP contribution in [0.15, 0.2) is 0 Å². The quantitative estimate of drug-likeness (QED) is 0.677. The van der Waals surface area contributed by atoms with Crippen LogP contribution in [0.25, 0.3) is 0 Å². The Bertz CT molecular complexity index is 192. The van der Waals surface area contributed by atoms with Crippen molar-refractivity contribution in [1.82, 2.24) is 5.32 Å². The fourth-order valence-corrected chi connectivity index (χ4v) is 2.44. The van der Waals surface area contributed by atoms with Crippen LogP contribution in [0.5, 0.6) is 0 Å². The molecule has 104 valence electrons. The van der Waals surface area contributed by atoms with Gasteiger partial charge >= 0.3 is 0 Å². The minimum atomic E-state index is -0.0595. The zero-order chi connectivity index (χ0) is 13.5. The smallest absolute Gasteiger partial charge is 0.0825 e. The number of nitrogens with one attached hydrogen (secondary N) is 1. The topological polar surface area (TPSA) is 30.5 Å². The molecule has 0 aromatic rings. The molecule has 3 nitrogen and oxygen atoms in total. The Kier molecular flexibility index (Phi) is 7.29. The number of ether oxygens (including phenoxy) is 2. The van der Waals surface area contributed by atoms with Gasteiger partial charge in [-0.05, 0) is 46.6 Å². The van der Waals surface area contributed by atoms with Crippen molar-refractivity contribution in [1.29, 1.82) is 0 Å². The van der Waals surface area contributed by atoms with E-state index in [1.165, 1.54) is 0 Å². The van der Waals surface area contributed by atoms with Gasteiger partial charge in [0.05, 0.1) is 11.2 Å². The zero-order valence-corrected chi connectivity index (χ0v) is 12.7. The fourth-order valence-electron chi connectivity index (χ4n) is 2.44. The van der Waals surface area contributed by atoms with Crippen LogP contribution in [0.4, 0.5) is 0 Å². The molecule has 0 aromatic carbocycles. The Hall–Kier alpha value is -0.120. The Balaban J connectivity index is 4.60. The van der Waals surface area contributed by atoms with Crippen LogP contribution in [-0.2, 0) is 9.47 Å². The van der Waals surface area contributed by atoms with Crippen LogP contribution in [-0.4, -0.2) is 38.5 Å². The highest BCUT2D eigenvalue weighted by molar-refractivity contribution is 4.91. The fraction of sp³-hybridized carbons (Fsp3) is 1.00. The number of likely N-dealkylation sites (N-methyl/N-ethyl adjacent to an activating group) is 1. The molecule has 3 heteroatoms. The second kappa shape index (κ2) is 7.34. The summed E-state index contributed by atoms with van der Waals surface area (Å²) < 4.78 is 11.3. The Morgan fingerprint density at radius 1 is 1.06 bits per heavy atom. The number of methoxy groups -OCH3 is 2. The molecule has 1 atom stereocenters. The number of rotatable bonds is 9. The Morgan fingerprint density at radius 3 is 1.88 bits per heavy atom. The normalized spacial score (nSPS) is 15.0. The highest BCUT2D eigenvalue weighted by Crippen LogP contribution is 2.29. The summed E-state index contributed by atoms with van der Waals surface area (Å²) in [5.74, 6) is 0. The second-order valence-corrected chi connectivity index (χ2v) is 5.32. The van der Waals surface area contributed by atoms with Gasteiger partial charge in [-0.2, -0.15) is 0 Å². The molecule has 17 heavy (non-hydrogen) atoms. The van der Waals surface area contributed by atoms with Crippen LogP contribution >= 0.6 is 0 Å². The molecule has 0 heterocycles. The Labute approximate surface area is 107 Å². The van der Waals surface area contributed by atoms with Crippen LogP contribution in [0, 0.1) is 0 Å². The average Bonchev–Trinajstić information content (AvgIpc) is 2.35. The van der Waals surface area contributed by atoms with Crippen LogP contribution in [0.3, 0.4) is 0 Å². The molecule has 0 radical (unpaired) electrons. The molecule has 0 aliphatic carbocycles. The van der Waals surface area contributed by atoms with Gasteiger partial charge in [0, 0.05) is 20.3 Å². The van der Waals surface area contributed by atoms with Crippen molar-refractivity contribution in [2.45, 2.75) is 70.6 Å². The van der Waals surface area contributed by atoms with E-state index in [2.05, 4.69) is 33.0 Å². The molecule has 0 saturated carbocycles. The molecule has 0 spiro atoms. The predicted molar refractivity (Wildman–Crippen MR) is 73.5 cm³/mol. The Morgan fingerprint density at radius 2 is 1.59 bits per heavy atom.